The molecule has 3 N–H and O–H groups in total. The predicted octanol–water partition coefficient (Wildman–Crippen LogP) is 0.557. The first-order chi connectivity index (χ1) is 8.61. The summed E-state index contributed by atoms with van der Waals surface area (Å²) < 4.78 is 37.0. The predicted molar refractivity (Wildman–Crippen MR) is 57.4 cm³/mol. The van der Waals surface area contributed by atoms with Crippen molar-refractivity contribution >= 4 is 12.0 Å². The van der Waals surface area contributed by atoms with Crippen LogP contribution in [0.1, 0.15) is 19.8 Å². The Kier molecular flexibility index (Phi) is 4.61. The molecule has 1 rings (SSSR count). The zero-order valence-corrected chi connectivity index (χ0v) is 10.1. The van der Waals surface area contributed by atoms with Gasteiger partial charge in [-0.25, -0.2) is 9.59 Å². The number of carboxylic acids is 1. The molecule has 1 aliphatic rings. The summed E-state index contributed by atoms with van der Waals surface area (Å²) in [6.45, 7) is -0.306. The number of alkyl halides is 3. The Morgan fingerprint density at radius 3 is 2.26 bits per heavy atom. The molecule has 2 atom stereocenters. The highest BCUT2D eigenvalue weighted by Crippen LogP contribution is 2.30. The largest absolute Gasteiger partial charge is 0.480 e. The number of aliphatic carboxylic acids is 1. The quantitative estimate of drug-likeness (QED) is 0.688. The van der Waals surface area contributed by atoms with Gasteiger partial charge in [-0.1, -0.05) is 0 Å². The lowest BCUT2D eigenvalue weighted by molar-refractivity contribution is -0.143. The average molecular weight is 284 g/mol. The van der Waals surface area contributed by atoms with E-state index < -0.39 is 42.9 Å². The van der Waals surface area contributed by atoms with E-state index in [0.29, 0.717) is 17.7 Å². The molecule has 0 aromatic heterocycles. The van der Waals surface area contributed by atoms with Crippen molar-refractivity contribution in [2.45, 2.75) is 44.1 Å². The Morgan fingerprint density at radius 1 is 1.42 bits per heavy atom. The van der Waals surface area contributed by atoms with E-state index in [2.05, 4.69) is 0 Å². The monoisotopic (exact) mass is 284 g/mol. The molecule has 1 saturated carbocycles. The third kappa shape index (κ3) is 4.93. The van der Waals surface area contributed by atoms with Gasteiger partial charge in [0.2, 0.25) is 0 Å². The maximum Gasteiger partial charge on any atom is 0.406 e. The highest BCUT2D eigenvalue weighted by molar-refractivity contribution is 5.83. The van der Waals surface area contributed by atoms with Crippen LogP contribution in [0.4, 0.5) is 18.0 Å². The van der Waals surface area contributed by atoms with Gasteiger partial charge in [-0.15, -0.1) is 0 Å². The molecule has 0 heterocycles. The summed E-state index contributed by atoms with van der Waals surface area (Å²) >= 11 is 0. The maximum absolute atomic E-state index is 12.3. The number of nitrogens with one attached hydrogen (secondary N) is 1. The second kappa shape index (κ2) is 5.64. The van der Waals surface area contributed by atoms with Crippen molar-refractivity contribution in [1.82, 2.24) is 10.2 Å². The van der Waals surface area contributed by atoms with Gasteiger partial charge < -0.3 is 20.4 Å². The molecule has 1 fully saturated rings. The number of halogens is 3. The number of hydrogen-bond donors (Lipinski definition) is 3. The number of aliphatic hydroxyl groups excluding tert-OH is 1. The Hall–Kier alpha value is -1.51. The van der Waals surface area contributed by atoms with Crippen molar-refractivity contribution in [3.05, 3.63) is 0 Å². The van der Waals surface area contributed by atoms with Crippen LogP contribution >= 0.6 is 0 Å². The molecule has 0 aromatic rings. The number of hydrogen-bond acceptors (Lipinski definition) is 3. The van der Waals surface area contributed by atoms with Gasteiger partial charge in [0.15, 0.2) is 6.04 Å². The second-order valence-corrected chi connectivity index (χ2v) is 4.48. The summed E-state index contributed by atoms with van der Waals surface area (Å²) in [6, 6.07) is -3.29. The van der Waals surface area contributed by atoms with E-state index in [1.54, 1.807) is 0 Å². The van der Waals surface area contributed by atoms with Crippen LogP contribution in [0.15, 0.2) is 0 Å². The Labute approximate surface area is 107 Å². The first-order valence-electron chi connectivity index (χ1n) is 5.66. The number of carboxylic acid groups (broad SMARTS) is 1. The lowest BCUT2D eigenvalue weighted by atomic mass is 10.2. The molecule has 9 heteroatoms. The fourth-order valence-corrected chi connectivity index (χ4v) is 1.55. The van der Waals surface area contributed by atoms with Crippen LogP contribution in [0.25, 0.3) is 0 Å². The minimum atomic E-state index is -4.55. The molecule has 6 nitrogen and oxygen atoms in total. The van der Waals surface area contributed by atoms with Crippen LogP contribution < -0.4 is 5.32 Å². The van der Waals surface area contributed by atoms with E-state index >= 15 is 0 Å². The van der Waals surface area contributed by atoms with E-state index in [1.165, 1.54) is 0 Å². The zero-order chi connectivity index (χ0) is 14.8. The molecular weight excluding hydrogens is 269 g/mol. The lowest BCUT2D eigenvalue weighted by Gasteiger charge is -2.26. The smallest absolute Gasteiger partial charge is 0.406 e. The van der Waals surface area contributed by atoms with E-state index in [0.717, 1.165) is 6.92 Å². The molecule has 0 aromatic carbocycles. The molecule has 0 saturated heterocycles. The van der Waals surface area contributed by atoms with Gasteiger partial charge in [0.25, 0.3) is 0 Å². The zero-order valence-electron chi connectivity index (χ0n) is 10.1. The molecule has 19 heavy (non-hydrogen) atoms. The number of nitrogens with zero attached hydrogens (tertiary/aromatic N) is 1. The van der Waals surface area contributed by atoms with Crippen molar-refractivity contribution in [2.75, 3.05) is 6.54 Å². The topological polar surface area (TPSA) is 89.9 Å². The van der Waals surface area contributed by atoms with Crippen molar-refractivity contribution in [1.29, 1.82) is 0 Å². The summed E-state index contributed by atoms with van der Waals surface area (Å²) in [5, 5.41) is 19.8. The van der Waals surface area contributed by atoms with Gasteiger partial charge in [-0.05, 0) is 19.8 Å². The number of rotatable bonds is 5. The fraction of sp³-hybridized carbons (Fsp3) is 0.800. The fourth-order valence-electron chi connectivity index (χ4n) is 1.55. The summed E-state index contributed by atoms with van der Waals surface area (Å²) in [5.41, 5.74) is 0. The molecule has 110 valence electrons. The molecular formula is C10H15F3N2O4. The Balaban J connectivity index is 2.69. The van der Waals surface area contributed by atoms with Gasteiger partial charge in [0.05, 0.1) is 6.10 Å². The van der Waals surface area contributed by atoms with Crippen LogP contribution in [0, 0.1) is 0 Å². The molecule has 1 aliphatic carbocycles. The van der Waals surface area contributed by atoms with Gasteiger partial charge >= 0.3 is 18.2 Å². The summed E-state index contributed by atoms with van der Waals surface area (Å²) in [7, 11) is 0. The summed E-state index contributed by atoms with van der Waals surface area (Å²) in [4.78, 5) is 23.0. The maximum atomic E-state index is 12.3. The highest BCUT2D eigenvalue weighted by Gasteiger charge is 2.41. The summed E-state index contributed by atoms with van der Waals surface area (Å²) in [6.07, 6.45) is -5.05. The molecule has 2 amide bonds. The molecule has 0 bridgehead atoms. The average Bonchev–Trinajstić information content (AvgIpc) is 3.03. The van der Waals surface area contributed by atoms with Crippen molar-refractivity contribution in [3.63, 3.8) is 0 Å². The molecule has 0 unspecified atom stereocenters. The lowest BCUT2D eigenvalue weighted by Crippen LogP contribution is -2.54. The second-order valence-electron chi connectivity index (χ2n) is 4.48. The van der Waals surface area contributed by atoms with Crippen LogP contribution in [0.2, 0.25) is 0 Å². The van der Waals surface area contributed by atoms with E-state index in [4.69, 9.17) is 10.2 Å². The van der Waals surface area contributed by atoms with Crippen LogP contribution in [0.3, 0.4) is 0 Å². The van der Waals surface area contributed by atoms with Gasteiger partial charge in [-0.2, -0.15) is 13.2 Å². The van der Waals surface area contributed by atoms with Crippen molar-refractivity contribution in [2.24, 2.45) is 0 Å². The minimum absolute atomic E-state index is 0.454. The van der Waals surface area contributed by atoms with E-state index in [9.17, 15) is 22.8 Å². The number of carbonyl (C=O) groups is 2. The molecule has 0 spiro atoms. The van der Waals surface area contributed by atoms with Gasteiger partial charge in [0, 0.05) is 6.04 Å². The summed E-state index contributed by atoms with van der Waals surface area (Å²) in [5.74, 6) is -1.51. The third-order valence-electron chi connectivity index (χ3n) is 2.63. The van der Waals surface area contributed by atoms with Gasteiger partial charge in [-0.3, -0.25) is 0 Å². The first-order valence-corrected chi connectivity index (χ1v) is 5.66. The Bertz CT molecular complexity index is 355. The van der Waals surface area contributed by atoms with Crippen molar-refractivity contribution < 1.29 is 33.0 Å². The number of carbonyl (C=O) groups excluding carboxylic acids is 1. The van der Waals surface area contributed by atoms with Crippen LogP contribution in [-0.2, 0) is 4.79 Å². The number of aliphatic hydroxyl groups is 1. The van der Waals surface area contributed by atoms with Crippen LogP contribution in [-0.4, -0.2) is 58.0 Å². The normalized spacial score (nSPS) is 18.6. The van der Waals surface area contributed by atoms with Gasteiger partial charge in [0.1, 0.15) is 6.54 Å². The molecule has 0 aliphatic heterocycles. The van der Waals surface area contributed by atoms with E-state index in [1.807, 2.05) is 5.32 Å². The number of urea groups is 1. The minimum Gasteiger partial charge on any atom is -0.480 e. The SMILES string of the molecule is C[C@@H](O)[C@H](NC(=O)N(CC(F)(F)F)C1CC1)C(=O)O. The third-order valence-corrected chi connectivity index (χ3v) is 2.63. The van der Waals surface area contributed by atoms with E-state index in [-0.39, 0.29) is 0 Å². The molecule has 0 radical (unpaired) electrons. The first kappa shape index (κ1) is 15.5. The van der Waals surface area contributed by atoms with Crippen LogP contribution in [0.5, 0.6) is 0 Å². The Morgan fingerprint density at radius 2 is 1.95 bits per heavy atom. The highest BCUT2D eigenvalue weighted by atomic mass is 19.4. The van der Waals surface area contributed by atoms with Crippen molar-refractivity contribution in [3.8, 4) is 0 Å². The standard InChI is InChI=1S/C10H15F3N2O4/c1-5(16)7(8(17)18)14-9(19)15(6-2-3-6)4-10(11,12)13/h5-7,16H,2-4H2,1H3,(H,14,19)(H,17,18)/t5-,7+/m1/s1. The number of amides is 2.